The van der Waals surface area contributed by atoms with Crippen molar-refractivity contribution >= 4 is 49.9 Å². The lowest BCUT2D eigenvalue weighted by atomic mass is 10.1. The fourth-order valence-electron chi connectivity index (χ4n) is 3.48. The first-order valence-electron chi connectivity index (χ1n) is 10.5. The van der Waals surface area contributed by atoms with Crippen LogP contribution in [0, 0.1) is 6.92 Å². The molecule has 1 aliphatic rings. The van der Waals surface area contributed by atoms with Gasteiger partial charge in [0.2, 0.25) is 0 Å². The number of ether oxygens (including phenoxy) is 1. The Labute approximate surface area is 216 Å². The average Bonchev–Trinajstić information content (AvgIpc) is 3.49. The van der Waals surface area contributed by atoms with Crippen LogP contribution < -0.4 is 20.6 Å². The molecular weight excluding hydrogens is 574 g/mol. The summed E-state index contributed by atoms with van der Waals surface area (Å²) >= 11 is 0.750. The molecule has 4 N–H and O–H groups in total. The SMILES string of the molecule is Cc1nc(C(=O)[O-])sc1CCOP(=O)([O-])OP(=O)([O-])OCC1OC(n2cnc3c(N)ncnc32)C(O)C1O. The van der Waals surface area contributed by atoms with E-state index in [1.54, 1.807) is 0 Å². The van der Waals surface area contributed by atoms with Crippen LogP contribution in [0.15, 0.2) is 12.7 Å². The second-order valence-electron chi connectivity index (χ2n) is 7.80. The largest absolute Gasteiger partial charge is 0.756 e. The molecule has 0 saturated carbocycles. The number of carbonyl (C=O) groups excluding carboxylic acids is 1. The van der Waals surface area contributed by atoms with E-state index in [0.29, 0.717) is 10.6 Å². The lowest BCUT2D eigenvalue weighted by Gasteiger charge is -2.31. The van der Waals surface area contributed by atoms with Gasteiger partial charge in [-0.1, -0.05) is 0 Å². The van der Waals surface area contributed by atoms with Crippen LogP contribution in [-0.2, 0) is 33.6 Å². The molecule has 6 atom stereocenters. The van der Waals surface area contributed by atoms with Gasteiger partial charge in [-0.25, -0.2) is 24.2 Å². The van der Waals surface area contributed by atoms with E-state index < -0.39 is 59.4 Å². The molecule has 0 aromatic carbocycles. The number of nitrogens with zero attached hydrogens (tertiary/aromatic N) is 5. The molecule has 0 amide bonds. The van der Waals surface area contributed by atoms with E-state index in [0.717, 1.165) is 17.7 Å². The molecule has 208 valence electrons. The Bertz CT molecular complexity index is 1430. The summed E-state index contributed by atoms with van der Waals surface area (Å²) in [4.78, 5) is 50.8. The number of anilines is 1. The maximum absolute atomic E-state index is 12.1. The number of aliphatic hydroxyl groups is 2. The first-order valence-corrected chi connectivity index (χ1v) is 14.3. The van der Waals surface area contributed by atoms with Crippen LogP contribution in [-0.4, -0.2) is 72.2 Å². The van der Waals surface area contributed by atoms with Crippen LogP contribution in [0.2, 0.25) is 0 Å². The number of imidazole rings is 1. The van der Waals surface area contributed by atoms with Crippen LogP contribution in [0.1, 0.15) is 26.6 Å². The number of carboxylic acids is 1. The van der Waals surface area contributed by atoms with E-state index in [4.69, 9.17) is 10.5 Å². The van der Waals surface area contributed by atoms with Crippen molar-refractivity contribution in [2.24, 2.45) is 0 Å². The minimum atomic E-state index is -5.54. The Morgan fingerprint density at radius 3 is 2.61 bits per heavy atom. The van der Waals surface area contributed by atoms with Gasteiger partial charge in [-0.05, 0) is 6.92 Å². The van der Waals surface area contributed by atoms with Gasteiger partial charge in [0, 0.05) is 11.3 Å². The summed E-state index contributed by atoms with van der Waals surface area (Å²) < 4.78 is 43.9. The molecule has 4 heterocycles. The number of phosphoric ester groups is 2. The number of thiazole rings is 1. The third-order valence-electron chi connectivity index (χ3n) is 5.24. The van der Waals surface area contributed by atoms with Gasteiger partial charge in [-0.3, -0.25) is 13.7 Å². The van der Waals surface area contributed by atoms with Crippen LogP contribution in [0.3, 0.4) is 0 Å². The highest BCUT2D eigenvalue weighted by molar-refractivity contribution is 7.59. The first-order chi connectivity index (χ1) is 17.8. The highest BCUT2D eigenvalue weighted by Gasteiger charge is 2.45. The maximum atomic E-state index is 12.1. The number of fused-ring (bicyclic) bond motifs is 1. The average molecular weight is 593 g/mol. The zero-order valence-corrected chi connectivity index (χ0v) is 21.8. The molecule has 4 rings (SSSR count). The van der Waals surface area contributed by atoms with Gasteiger partial charge >= 0.3 is 0 Å². The molecule has 0 bridgehead atoms. The van der Waals surface area contributed by atoms with Gasteiger partial charge in [0.1, 0.15) is 41.1 Å². The number of carboxylic acid groups (broad SMARTS) is 1. The van der Waals surface area contributed by atoms with Gasteiger partial charge in [-0.2, -0.15) is 0 Å². The summed E-state index contributed by atoms with van der Waals surface area (Å²) in [6.07, 6.45) is -3.68. The number of phosphoric acid groups is 2. The van der Waals surface area contributed by atoms with Crippen molar-refractivity contribution in [1.82, 2.24) is 24.5 Å². The number of nitrogen functional groups attached to an aromatic ring is 1. The molecular formula is C17H19N6O12P2S-3. The lowest BCUT2D eigenvalue weighted by molar-refractivity contribution is -0.255. The quantitative estimate of drug-likeness (QED) is 0.192. The van der Waals surface area contributed by atoms with E-state index in [2.05, 4.69) is 33.3 Å². The molecule has 1 fully saturated rings. The van der Waals surface area contributed by atoms with Gasteiger partial charge in [-0.15, -0.1) is 11.3 Å². The highest BCUT2D eigenvalue weighted by Crippen LogP contribution is 2.55. The zero-order valence-electron chi connectivity index (χ0n) is 19.2. The molecule has 0 radical (unpaired) electrons. The third kappa shape index (κ3) is 6.24. The van der Waals surface area contributed by atoms with Crippen LogP contribution >= 0.6 is 27.0 Å². The molecule has 6 unspecified atom stereocenters. The minimum absolute atomic E-state index is 0.0554. The maximum Gasteiger partial charge on any atom is 0.274 e. The fourth-order valence-corrected chi connectivity index (χ4v) is 6.36. The zero-order chi connectivity index (χ0) is 27.8. The summed E-state index contributed by atoms with van der Waals surface area (Å²) in [7, 11) is -11.0. The van der Waals surface area contributed by atoms with Crippen LogP contribution in [0.4, 0.5) is 5.82 Å². The van der Waals surface area contributed by atoms with E-state index >= 15 is 0 Å². The number of aryl methyl sites for hydroxylation is 1. The second kappa shape index (κ2) is 11.0. The van der Waals surface area contributed by atoms with Crippen molar-refractivity contribution in [2.75, 3.05) is 18.9 Å². The van der Waals surface area contributed by atoms with Crippen molar-refractivity contribution in [3.8, 4) is 0 Å². The number of carbonyl (C=O) groups is 1. The fraction of sp³-hybridized carbons (Fsp3) is 0.471. The van der Waals surface area contributed by atoms with Crippen molar-refractivity contribution in [2.45, 2.75) is 37.9 Å². The van der Waals surface area contributed by atoms with E-state index in [-0.39, 0.29) is 28.4 Å². The van der Waals surface area contributed by atoms with Crippen LogP contribution in [0.25, 0.3) is 11.2 Å². The van der Waals surface area contributed by atoms with Crippen molar-refractivity contribution in [1.29, 1.82) is 0 Å². The van der Waals surface area contributed by atoms with E-state index in [1.807, 2.05) is 0 Å². The predicted molar refractivity (Wildman–Crippen MR) is 119 cm³/mol. The topological polar surface area (TPSA) is 280 Å². The Morgan fingerprint density at radius 2 is 1.92 bits per heavy atom. The molecule has 38 heavy (non-hydrogen) atoms. The van der Waals surface area contributed by atoms with Gasteiger partial charge in [0.25, 0.3) is 15.6 Å². The standard InChI is InChI=1S/C17H22N6O12P2S/c1-7-9(38-15(22-7)17(26)27)2-3-32-36(28,29)35-37(30,31)33-4-8-11(24)12(25)16(34-8)23-6-21-10-13(18)19-5-20-14(10)23/h5-6,8,11-12,16,24-25H,2-4H2,1H3,(H,26,27)(H,28,29)(H,30,31)(H2,18,19,20)/p-3. The number of aromatic nitrogens is 5. The van der Waals surface area contributed by atoms with Gasteiger partial charge in [0.15, 0.2) is 17.7 Å². The highest BCUT2D eigenvalue weighted by atomic mass is 32.1. The lowest BCUT2D eigenvalue weighted by Crippen LogP contribution is -2.34. The minimum Gasteiger partial charge on any atom is -0.756 e. The number of hydrogen-bond donors (Lipinski definition) is 3. The van der Waals surface area contributed by atoms with E-state index in [9.17, 15) is 39.0 Å². The molecule has 0 spiro atoms. The molecule has 1 aliphatic heterocycles. The smallest absolute Gasteiger partial charge is 0.274 e. The van der Waals surface area contributed by atoms with Crippen LogP contribution in [0.5, 0.6) is 0 Å². The van der Waals surface area contributed by atoms with Gasteiger partial charge < -0.3 is 49.4 Å². The molecule has 0 aliphatic carbocycles. The Hall–Kier alpha value is -2.41. The number of hydrogen-bond acceptors (Lipinski definition) is 18. The number of nitrogens with two attached hydrogens (primary N) is 1. The Morgan fingerprint density at radius 1 is 1.21 bits per heavy atom. The monoisotopic (exact) mass is 593 g/mol. The van der Waals surface area contributed by atoms with Crippen molar-refractivity contribution < 1.29 is 57.1 Å². The number of aliphatic hydroxyl groups excluding tert-OH is 2. The summed E-state index contributed by atoms with van der Waals surface area (Å²) in [6.45, 7) is -0.0163. The summed E-state index contributed by atoms with van der Waals surface area (Å²) in [6, 6.07) is 0. The van der Waals surface area contributed by atoms with E-state index in [1.165, 1.54) is 17.8 Å². The third-order valence-corrected chi connectivity index (χ3v) is 9.00. The summed E-state index contributed by atoms with van der Waals surface area (Å²) in [5.41, 5.74) is 6.40. The summed E-state index contributed by atoms with van der Waals surface area (Å²) in [5.74, 6) is -1.44. The molecule has 18 nitrogen and oxygen atoms in total. The second-order valence-corrected chi connectivity index (χ2v) is 11.8. The van der Waals surface area contributed by atoms with Crippen molar-refractivity contribution in [3.05, 3.63) is 28.2 Å². The first kappa shape index (κ1) is 28.6. The number of aromatic carboxylic acids is 1. The Kier molecular flexibility index (Phi) is 8.27. The predicted octanol–water partition coefficient (Wildman–Crippen LogP) is -2.61. The molecule has 3 aromatic rings. The molecule has 21 heteroatoms. The molecule has 3 aromatic heterocycles. The van der Waals surface area contributed by atoms with Crippen molar-refractivity contribution in [3.63, 3.8) is 0 Å². The van der Waals surface area contributed by atoms with Gasteiger partial charge in [0.05, 0.1) is 25.2 Å². The molecule has 1 saturated heterocycles. The number of rotatable bonds is 11. The summed E-state index contributed by atoms with van der Waals surface area (Å²) in [5, 5.41) is 31.2. The normalized spacial score (nSPS) is 24.9. The Balaban J connectivity index is 1.32.